The second-order valence-electron chi connectivity index (χ2n) is 11.6. The number of rotatable bonds is 1. The van der Waals surface area contributed by atoms with Crippen LogP contribution in [-0.2, 0) is 0 Å². The molecule has 4 nitrogen and oxygen atoms in total. The molecular formula is C39H20N2O2. The fourth-order valence-electron chi connectivity index (χ4n) is 7.37. The van der Waals surface area contributed by atoms with Crippen LogP contribution in [-0.4, -0.2) is 9.38 Å². The summed E-state index contributed by atoms with van der Waals surface area (Å²) >= 11 is 0. The van der Waals surface area contributed by atoms with Gasteiger partial charge in [0, 0.05) is 43.1 Å². The molecule has 11 rings (SSSR count). The number of pyridine rings is 1. The molecule has 0 amide bonds. The van der Waals surface area contributed by atoms with Crippen molar-refractivity contribution in [1.29, 1.82) is 0 Å². The van der Waals surface area contributed by atoms with Gasteiger partial charge in [-0.2, -0.15) is 0 Å². The van der Waals surface area contributed by atoms with E-state index in [1.165, 1.54) is 10.8 Å². The zero-order valence-electron chi connectivity index (χ0n) is 22.8. The first-order valence-electron chi connectivity index (χ1n) is 14.5. The first-order chi connectivity index (χ1) is 21.3. The molecule has 0 radical (unpaired) electrons. The molecule has 0 fully saturated rings. The molecule has 5 heterocycles. The van der Waals surface area contributed by atoms with E-state index in [0.29, 0.717) is 0 Å². The average molecular weight is 549 g/mol. The van der Waals surface area contributed by atoms with Crippen LogP contribution in [0.15, 0.2) is 130 Å². The second kappa shape index (κ2) is 7.50. The van der Waals surface area contributed by atoms with E-state index >= 15 is 0 Å². The monoisotopic (exact) mass is 548 g/mol. The van der Waals surface area contributed by atoms with Crippen molar-refractivity contribution < 1.29 is 8.83 Å². The van der Waals surface area contributed by atoms with Crippen molar-refractivity contribution in [3.63, 3.8) is 0 Å². The van der Waals surface area contributed by atoms with Gasteiger partial charge < -0.3 is 8.83 Å². The lowest BCUT2D eigenvalue weighted by atomic mass is 9.99. The van der Waals surface area contributed by atoms with Gasteiger partial charge in [-0.15, -0.1) is 0 Å². The zero-order valence-corrected chi connectivity index (χ0v) is 22.8. The first kappa shape index (κ1) is 21.8. The SMILES string of the molecule is c1ccc2nc3c(cc2c1)c1c2oc4ccccc4c2cc2c4cc(-c5ccc6c(c5)oc5ccccc56)ccc4n3c21. The van der Waals surface area contributed by atoms with E-state index in [1.54, 1.807) is 0 Å². The Morgan fingerprint density at radius 3 is 2.12 bits per heavy atom. The number of hydrogen-bond donors (Lipinski definition) is 0. The maximum atomic E-state index is 6.59. The topological polar surface area (TPSA) is 43.6 Å². The smallest absolute Gasteiger partial charge is 0.146 e. The summed E-state index contributed by atoms with van der Waals surface area (Å²) in [6.45, 7) is 0. The van der Waals surface area contributed by atoms with Crippen LogP contribution in [0.1, 0.15) is 0 Å². The number of furan rings is 2. The Kier molecular flexibility index (Phi) is 3.80. The summed E-state index contributed by atoms with van der Waals surface area (Å²) in [5.74, 6) is 0. The Bertz CT molecular complexity index is 2960. The van der Waals surface area contributed by atoms with Crippen LogP contribution in [0.25, 0.3) is 104 Å². The van der Waals surface area contributed by atoms with Gasteiger partial charge in [0.05, 0.1) is 21.9 Å². The van der Waals surface area contributed by atoms with Crippen molar-refractivity contribution in [2.75, 3.05) is 0 Å². The van der Waals surface area contributed by atoms with E-state index in [2.05, 4.69) is 108 Å². The molecule has 198 valence electrons. The van der Waals surface area contributed by atoms with E-state index in [1.807, 2.05) is 18.2 Å². The minimum absolute atomic E-state index is 0.902. The van der Waals surface area contributed by atoms with Crippen molar-refractivity contribution in [1.82, 2.24) is 9.38 Å². The number of para-hydroxylation sites is 3. The minimum atomic E-state index is 0.902. The molecule has 11 aromatic rings. The number of hydrogen-bond acceptors (Lipinski definition) is 3. The molecular weight excluding hydrogens is 528 g/mol. The first-order valence-corrected chi connectivity index (χ1v) is 14.5. The fourth-order valence-corrected chi connectivity index (χ4v) is 7.37. The largest absolute Gasteiger partial charge is 0.456 e. The Morgan fingerprint density at radius 2 is 1.21 bits per heavy atom. The molecule has 0 bridgehead atoms. The third-order valence-electron chi connectivity index (χ3n) is 9.29. The zero-order chi connectivity index (χ0) is 27.8. The van der Waals surface area contributed by atoms with Gasteiger partial charge in [0.2, 0.25) is 0 Å². The van der Waals surface area contributed by atoms with Crippen LogP contribution < -0.4 is 0 Å². The highest BCUT2D eigenvalue weighted by atomic mass is 16.3. The van der Waals surface area contributed by atoms with Crippen LogP contribution in [0.4, 0.5) is 0 Å². The van der Waals surface area contributed by atoms with Crippen molar-refractivity contribution in [2.45, 2.75) is 0 Å². The van der Waals surface area contributed by atoms with Crippen LogP contribution >= 0.6 is 0 Å². The predicted octanol–water partition coefficient (Wildman–Crippen LogP) is 10.9. The van der Waals surface area contributed by atoms with E-state index in [0.717, 1.165) is 93.4 Å². The van der Waals surface area contributed by atoms with E-state index in [4.69, 9.17) is 13.8 Å². The van der Waals surface area contributed by atoms with Crippen LogP contribution in [0, 0.1) is 0 Å². The molecule has 0 spiro atoms. The second-order valence-corrected chi connectivity index (χ2v) is 11.6. The summed E-state index contributed by atoms with van der Waals surface area (Å²) in [7, 11) is 0. The third kappa shape index (κ3) is 2.69. The van der Waals surface area contributed by atoms with Gasteiger partial charge in [-0.1, -0.05) is 66.7 Å². The van der Waals surface area contributed by atoms with Gasteiger partial charge in [-0.25, -0.2) is 4.98 Å². The summed E-state index contributed by atoms with van der Waals surface area (Å²) in [6, 6.07) is 42.8. The quantitative estimate of drug-likeness (QED) is 0.205. The van der Waals surface area contributed by atoms with Gasteiger partial charge >= 0.3 is 0 Å². The average Bonchev–Trinajstić information content (AvgIpc) is 3.79. The molecule has 43 heavy (non-hydrogen) atoms. The molecule has 4 heteroatoms. The summed E-state index contributed by atoms with van der Waals surface area (Å²) in [4.78, 5) is 5.22. The molecule has 0 atom stereocenters. The van der Waals surface area contributed by atoms with Gasteiger partial charge in [0.1, 0.15) is 28.0 Å². The Morgan fingerprint density at radius 1 is 0.488 bits per heavy atom. The summed E-state index contributed by atoms with van der Waals surface area (Å²) in [5.41, 5.74) is 10.2. The Hall–Kier alpha value is -5.87. The highest BCUT2D eigenvalue weighted by Crippen LogP contribution is 2.46. The fraction of sp³-hybridized carbons (Fsp3) is 0. The lowest BCUT2D eigenvalue weighted by Gasteiger charge is -2.04. The summed E-state index contributed by atoms with van der Waals surface area (Å²) in [6.07, 6.45) is 0. The summed E-state index contributed by atoms with van der Waals surface area (Å²) < 4.78 is 15.2. The van der Waals surface area contributed by atoms with Crippen molar-refractivity contribution in [3.05, 3.63) is 121 Å². The molecule has 0 unspecified atom stereocenters. The maximum absolute atomic E-state index is 6.59. The van der Waals surface area contributed by atoms with E-state index in [-0.39, 0.29) is 0 Å². The van der Waals surface area contributed by atoms with Crippen LogP contribution in [0.2, 0.25) is 0 Å². The number of nitrogens with zero attached hydrogens (tertiary/aromatic N) is 2. The maximum Gasteiger partial charge on any atom is 0.146 e. The van der Waals surface area contributed by atoms with Crippen LogP contribution in [0.5, 0.6) is 0 Å². The minimum Gasteiger partial charge on any atom is -0.456 e. The molecule has 0 saturated heterocycles. The normalized spacial score (nSPS) is 12.7. The number of benzene rings is 6. The van der Waals surface area contributed by atoms with Gasteiger partial charge in [-0.3, -0.25) is 4.40 Å². The van der Waals surface area contributed by atoms with Crippen molar-refractivity contribution >= 4 is 93.0 Å². The van der Waals surface area contributed by atoms with Crippen LogP contribution in [0.3, 0.4) is 0 Å². The lowest BCUT2D eigenvalue weighted by Crippen LogP contribution is -1.86. The molecule has 0 aliphatic rings. The standard InChI is InChI=1S/C39H20N2O2/c1-4-10-31-23(7-1)18-30-36-37-28(20-29-25-9-3-6-12-34(25)43-38(29)36)27-17-21(14-16-32(27)41(37)39(30)40-31)22-13-15-26-24-8-2-5-11-33(24)42-35(26)19-22/h1-20H. The number of aromatic nitrogens is 2. The third-order valence-corrected chi connectivity index (χ3v) is 9.29. The Labute approximate surface area is 243 Å². The van der Waals surface area contributed by atoms with E-state index < -0.39 is 0 Å². The van der Waals surface area contributed by atoms with Gasteiger partial charge in [-0.05, 0) is 65.7 Å². The van der Waals surface area contributed by atoms with Gasteiger partial charge in [0.15, 0.2) is 0 Å². The highest BCUT2D eigenvalue weighted by molar-refractivity contribution is 6.33. The summed E-state index contributed by atoms with van der Waals surface area (Å²) in [5, 5.41) is 10.3. The van der Waals surface area contributed by atoms with Gasteiger partial charge in [0.25, 0.3) is 0 Å². The van der Waals surface area contributed by atoms with Crippen molar-refractivity contribution in [3.8, 4) is 11.1 Å². The van der Waals surface area contributed by atoms with Crippen molar-refractivity contribution in [2.24, 2.45) is 0 Å². The predicted molar refractivity (Wildman–Crippen MR) is 176 cm³/mol. The molecule has 6 aromatic carbocycles. The number of fused-ring (bicyclic) bond motifs is 14. The molecule has 5 aromatic heterocycles. The molecule has 0 saturated carbocycles. The molecule has 0 aliphatic heterocycles. The molecule has 0 aliphatic carbocycles. The van der Waals surface area contributed by atoms with E-state index in [9.17, 15) is 0 Å². The lowest BCUT2D eigenvalue weighted by molar-refractivity contribution is 0.669. The highest BCUT2D eigenvalue weighted by Gasteiger charge is 2.24. The Balaban J connectivity index is 1.28. The molecule has 0 N–H and O–H groups in total.